The lowest BCUT2D eigenvalue weighted by molar-refractivity contribution is 0.0699. The summed E-state index contributed by atoms with van der Waals surface area (Å²) in [5.74, 6) is -0.489. The van der Waals surface area contributed by atoms with Crippen LogP contribution in [0.2, 0.25) is 0 Å². The topological polar surface area (TPSA) is 103 Å². The number of carbonyl (C=O) groups is 1. The second-order valence-corrected chi connectivity index (χ2v) is 5.37. The Kier molecular flexibility index (Phi) is 4.00. The molecule has 0 saturated carbocycles. The first-order valence-electron chi connectivity index (χ1n) is 5.12. The van der Waals surface area contributed by atoms with E-state index >= 15 is 0 Å². The molecule has 0 spiro atoms. The zero-order chi connectivity index (χ0) is 13.1. The van der Waals surface area contributed by atoms with Crippen molar-refractivity contribution in [1.29, 1.82) is 0 Å². The Hall–Kier alpha value is -1.38. The van der Waals surface area contributed by atoms with Gasteiger partial charge in [0.15, 0.2) is 5.16 Å². The standard InChI is InChI=1S/C10H10N2O4S2/c13-2-1-3-17-10-11-7(14)6-5(9(15)16)4-18-8(6)12-10/h4,13H,1-3H2,(H,15,16)(H,11,12,14). The van der Waals surface area contributed by atoms with E-state index in [1.54, 1.807) is 0 Å². The summed E-state index contributed by atoms with van der Waals surface area (Å²) in [6.07, 6.45) is 0.608. The average molecular weight is 286 g/mol. The summed E-state index contributed by atoms with van der Waals surface area (Å²) in [5.41, 5.74) is -0.458. The molecule has 0 amide bonds. The highest BCUT2D eigenvalue weighted by Gasteiger charge is 2.16. The van der Waals surface area contributed by atoms with Gasteiger partial charge in [-0.25, -0.2) is 9.78 Å². The monoisotopic (exact) mass is 286 g/mol. The fourth-order valence-corrected chi connectivity index (χ4v) is 3.15. The highest BCUT2D eigenvalue weighted by molar-refractivity contribution is 7.99. The number of nitrogens with one attached hydrogen (secondary N) is 1. The number of fused-ring (bicyclic) bond motifs is 1. The molecule has 8 heteroatoms. The summed E-state index contributed by atoms with van der Waals surface area (Å²) in [6, 6.07) is 0. The number of hydrogen-bond donors (Lipinski definition) is 3. The molecule has 0 aliphatic heterocycles. The van der Waals surface area contributed by atoms with E-state index in [9.17, 15) is 9.59 Å². The number of carboxylic acid groups (broad SMARTS) is 1. The average Bonchev–Trinajstić information content (AvgIpc) is 2.73. The maximum atomic E-state index is 11.8. The van der Waals surface area contributed by atoms with Gasteiger partial charge >= 0.3 is 5.97 Å². The van der Waals surface area contributed by atoms with E-state index in [2.05, 4.69) is 9.97 Å². The fraction of sp³-hybridized carbons (Fsp3) is 0.300. The van der Waals surface area contributed by atoms with Gasteiger partial charge in [-0.2, -0.15) is 0 Å². The number of nitrogens with zero attached hydrogens (tertiary/aromatic N) is 1. The van der Waals surface area contributed by atoms with Crippen LogP contribution in [-0.4, -0.2) is 38.5 Å². The van der Waals surface area contributed by atoms with Gasteiger partial charge in [-0.1, -0.05) is 11.8 Å². The van der Waals surface area contributed by atoms with Crippen molar-refractivity contribution in [2.24, 2.45) is 0 Å². The van der Waals surface area contributed by atoms with E-state index < -0.39 is 11.5 Å². The molecule has 96 valence electrons. The summed E-state index contributed by atoms with van der Waals surface area (Å²) < 4.78 is 0. The van der Waals surface area contributed by atoms with Crippen molar-refractivity contribution in [3.63, 3.8) is 0 Å². The Labute approximate surface area is 110 Å². The van der Waals surface area contributed by atoms with Crippen molar-refractivity contribution >= 4 is 39.3 Å². The van der Waals surface area contributed by atoms with E-state index in [0.29, 0.717) is 22.2 Å². The minimum absolute atomic E-state index is 0.0179. The quantitative estimate of drug-likeness (QED) is 0.433. The summed E-state index contributed by atoms with van der Waals surface area (Å²) in [7, 11) is 0. The van der Waals surface area contributed by atoms with Crippen LogP contribution in [0.3, 0.4) is 0 Å². The van der Waals surface area contributed by atoms with Crippen LogP contribution in [0.15, 0.2) is 15.3 Å². The van der Waals surface area contributed by atoms with Crippen LogP contribution in [0.4, 0.5) is 0 Å². The second kappa shape index (κ2) is 5.51. The highest BCUT2D eigenvalue weighted by Crippen LogP contribution is 2.23. The minimum Gasteiger partial charge on any atom is -0.478 e. The number of aliphatic hydroxyl groups is 1. The van der Waals surface area contributed by atoms with E-state index in [1.165, 1.54) is 17.1 Å². The molecule has 6 nitrogen and oxygen atoms in total. The number of aromatic nitrogens is 2. The zero-order valence-corrected chi connectivity index (χ0v) is 10.8. The first-order chi connectivity index (χ1) is 8.63. The van der Waals surface area contributed by atoms with Crippen molar-refractivity contribution in [3.05, 3.63) is 21.3 Å². The maximum Gasteiger partial charge on any atom is 0.337 e. The van der Waals surface area contributed by atoms with Crippen LogP contribution >= 0.6 is 23.1 Å². The molecule has 0 aliphatic carbocycles. The number of thiophene rings is 1. The lowest BCUT2D eigenvalue weighted by Crippen LogP contribution is -2.11. The molecule has 3 N–H and O–H groups in total. The lowest BCUT2D eigenvalue weighted by Gasteiger charge is -1.99. The number of rotatable bonds is 5. The Balaban J connectivity index is 2.39. The third-order valence-electron chi connectivity index (χ3n) is 2.19. The van der Waals surface area contributed by atoms with E-state index in [4.69, 9.17) is 10.2 Å². The number of aromatic amines is 1. The second-order valence-electron chi connectivity index (χ2n) is 3.43. The first-order valence-corrected chi connectivity index (χ1v) is 6.98. The predicted octanol–water partition coefficient (Wildman–Crippen LogP) is 1.16. The summed E-state index contributed by atoms with van der Waals surface area (Å²) in [4.78, 5) is 29.9. The van der Waals surface area contributed by atoms with Crippen LogP contribution in [-0.2, 0) is 0 Å². The maximum absolute atomic E-state index is 11.8. The molecule has 2 aromatic rings. The zero-order valence-electron chi connectivity index (χ0n) is 9.17. The number of H-pyrrole nitrogens is 1. The van der Waals surface area contributed by atoms with Gasteiger partial charge in [-0.05, 0) is 6.42 Å². The fourth-order valence-electron chi connectivity index (χ4n) is 1.39. The van der Waals surface area contributed by atoms with Gasteiger partial charge in [0.2, 0.25) is 0 Å². The molecule has 2 rings (SSSR count). The summed E-state index contributed by atoms with van der Waals surface area (Å²) >= 11 is 2.46. The van der Waals surface area contributed by atoms with Gasteiger partial charge in [0.05, 0.1) is 10.9 Å². The molecule has 0 bridgehead atoms. The van der Waals surface area contributed by atoms with Gasteiger partial charge in [-0.3, -0.25) is 4.79 Å². The van der Waals surface area contributed by atoms with Crippen LogP contribution in [0, 0.1) is 0 Å². The van der Waals surface area contributed by atoms with Crippen LogP contribution in [0.25, 0.3) is 10.2 Å². The van der Waals surface area contributed by atoms with E-state index in [-0.39, 0.29) is 17.6 Å². The Morgan fingerprint density at radius 2 is 2.33 bits per heavy atom. The van der Waals surface area contributed by atoms with Crippen molar-refractivity contribution in [2.45, 2.75) is 11.6 Å². The summed E-state index contributed by atoms with van der Waals surface area (Å²) in [6.45, 7) is 0.0850. The summed E-state index contributed by atoms with van der Waals surface area (Å²) in [5, 5.41) is 19.6. The largest absolute Gasteiger partial charge is 0.478 e. The van der Waals surface area contributed by atoms with E-state index in [0.717, 1.165) is 11.3 Å². The van der Waals surface area contributed by atoms with Crippen molar-refractivity contribution < 1.29 is 15.0 Å². The molecule has 0 fully saturated rings. The molecule has 0 aromatic carbocycles. The van der Waals surface area contributed by atoms with Crippen molar-refractivity contribution in [3.8, 4) is 0 Å². The van der Waals surface area contributed by atoms with Gasteiger partial charge in [-0.15, -0.1) is 11.3 Å². The molecule has 2 heterocycles. The van der Waals surface area contributed by atoms with Gasteiger partial charge in [0, 0.05) is 17.7 Å². The van der Waals surface area contributed by atoms with Crippen LogP contribution in [0.1, 0.15) is 16.8 Å². The predicted molar refractivity (Wildman–Crippen MR) is 69.6 cm³/mol. The Bertz CT molecular complexity index is 634. The van der Waals surface area contributed by atoms with E-state index in [1.807, 2.05) is 0 Å². The molecule has 0 radical (unpaired) electrons. The van der Waals surface area contributed by atoms with Crippen molar-refractivity contribution in [2.75, 3.05) is 12.4 Å². The molecule has 0 saturated heterocycles. The molecular weight excluding hydrogens is 276 g/mol. The van der Waals surface area contributed by atoms with Crippen molar-refractivity contribution in [1.82, 2.24) is 9.97 Å². The molecule has 2 aromatic heterocycles. The van der Waals surface area contributed by atoms with Crippen LogP contribution in [0.5, 0.6) is 0 Å². The first kappa shape index (κ1) is 13.1. The molecule has 0 aliphatic rings. The van der Waals surface area contributed by atoms with Gasteiger partial charge in [0.1, 0.15) is 4.83 Å². The van der Waals surface area contributed by atoms with Crippen LogP contribution < -0.4 is 5.56 Å². The minimum atomic E-state index is -1.13. The highest BCUT2D eigenvalue weighted by atomic mass is 32.2. The molecular formula is C10H10N2O4S2. The Morgan fingerprint density at radius 3 is 3.00 bits per heavy atom. The SMILES string of the molecule is O=C(O)c1csc2nc(SCCCO)[nH]c(=O)c12. The number of carboxylic acids is 1. The number of thioether (sulfide) groups is 1. The third kappa shape index (κ3) is 2.55. The van der Waals surface area contributed by atoms with Gasteiger partial charge in [0.25, 0.3) is 5.56 Å². The smallest absolute Gasteiger partial charge is 0.337 e. The molecule has 0 unspecified atom stereocenters. The third-order valence-corrected chi connectivity index (χ3v) is 4.03. The molecule has 0 atom stereocenters. The number of aliphatic hydroxyl groups excluding tert-OH is 1. The molecule has 18 heavy (non-hydrogen) atoms. The number of aromatic carboxylic acids is 1. The number of hydrogen-bond acceptors (Lipinski definition) is 6. The normalized spacial score (nSPS) is 10.9. The Morgan fingerprint density at radius 1 is 1.56 bits per heavy atom. The van der Waals surface area contributed by atoms with Gasteiger partial charge < -0.3 is 15.2 Å². The lowest BCUT2D eigenvalue weighted by atomic mass is 10.2.